The van der Waals surface area contributed by atoms with Gasteiger partial charge in [-0.2, -0.15) is 0 Å². The smallest absolute Gasteiger partial charge is 0.229 e. The second kappa shape index (κ2) is 6.03. The van der Waals surface area contributed by atoms with Crippen LogP contribution in [0.5, 0.6) is 5.75 Å². The second-order valence-corrected chi connectivity index (χ2v) is 3.74. The fourth-order valence-electron chi connectivity index (χ4n) is 1.75. The average molecular weight is 246 g/mol. The Bertz CT molecular complexity index is 468. The van der Waals surface area contributed by atoms with E-state index in [9.17, 15) is 4.79 Å². The minimum atomic E-state index is -0.00966. The van der Waals surface area contributed by atoms with Crippen LogP contribution in [0.3, 0.4) is 0 Å². The lowest BCUT2D eigenvalue weighted by Gasteiger charge is -2.28. The van der Waals surface area contributed by atoms with E-state index in [0.717, 1.165) is 0 Å². The van der Waals surface area contributed by atoms with Crippen molar-refractivity contribution >= 4 is 11.6 Å². The molecular formula is C13H14N2O3. The summed E-state index contributed by atoms with van der Waals surface area (Å²) in [4.78, 5) is 17.7. The molecule has 0 bridgehead atoms. The Hall–Kier alpha value is -2.06. The summed E-state index contributed by atoms with van der Waals surface area (Å²) < 4.78 is 10.6. The summed E-state index contributed by atoms with van der Waals surface area (Å²) in [6.07, 6.45) is 8.63. The molecule has 5 heteroatoms. The van der Waals surface area contributed by atoms with Gasteiger partial charge in [0.2, 0.25) is 5.91 Å². The Morgan fingerprint density at radius 3 is 3.39 bits per heavy atom. The molecule has 0 atom stereocenters. The van der Waals surface area contributed by atoms with Gasteiger partial charge in [-0.05, 0) is 0 Å². The number of anilines is 1. The molecule has 1 aromatic heterocycles. The van der Waals surface area contributed by atoms with Crippen molar-refractivity contribution < 1.29 is 14.3 Å². The second-order valence-electron chi connectivity index (χ2n) is 3.74. The molecule has 94 valence electrons. The lowest BCUT2D eigenvalue weighted by atomic mass is 10.2. The van der Waals surface area contributed by atoms with Crippen LogP contribution in [0.15, 0.2) is 18.5 Å². The average Bonchev–Trinajstić information content (AvgIpc) is 2.43. The zero-order chi connectivity index (χ0) is 12.8. The first-order valence-corrected chi connectivity index (χ1v) is 5.71. The van der Waals surface area contributed by atoms with Crippen LogP contribution in [0.25, 0.3) is 0 Å². The molecule has 0 radical (unpaired) electrons. The van der Waals surface area contributed by atoms with Crippen molar-refractivity contribution in [3.05, 3.63) is 18.5 Å². The monoisotopic (exact) mass is 246 g/mol. The molecule has 0 unspecified atom stereocenters. The molecule has 0 aromatic carbocycles. The molecule has 1 aliphatic heterocycles. The minimum Gasteiger partial charge on any atom is -0.489 e. The number of amides is 1. The first kappa shape index (κ1) is 12.4. The number of carbonyl (C=O) groups is 1. The maximum Gasteiger partial charge on any atom is 0.229 e. The molecule has 0 aliphatic carbocycles. The van der Waals surface area contributed by atoms with Gasteiger partial charge >= 0.3 is 0 Å². The van der Waals surface area contributed by atoms with Crippen LogP contribution in [0.4, 0.5) is 5.69 Å². The van der Waals surface area contributed by atoms with Gasteiger partial charge in [0.25, 0.3) is 0 Å². The van der Waals surface area contributed by atoms with E-state index in [0.29, 0.717) is 37.6 Å². The predicted molar refractivity (Wildman–Crippen MR) is 66.4 cm³/mol. The lowest BCUT2D eigenvalue weighted by Crippen LogP contribution is -2.38. The van der Waals surface area contributed by atoms with Gasteiger partial charge in [-0.25, -0.2) is 0 Å². The summed E-state index contributed by atoms with van der Waals surface area (Å²) in [5, 5.41) is 0. The van der Waals surface area contributed by atoms with Crippen LogP contribution in [0.1, 0.15) is 6.42 Å². The molecule has 2 heterocycles. The van der Waals surface area contributed by atoms with Gasteiger partial charge in [0, 0.05) is 12.3 Å². The number of rotatable bonds is 4. The molecule has 0 fully saturated rings. The fourth-order valence-corrected chi connectivity index (χ4v) is 1.75. The van der Waals surface area contributed by atoms with Crippen LogP contribution in [-0.4, -0.2) is 37.3 Å². The van der Waals surface area contributed by atoms with Crippen LogP contribution in [-0.2, 0) is 9.53 Å². The predicted octanol–water partition coefficient (Wildman–Crippen LogP) is 0.847. The SMILES string of the molecule is C#CCOCCC(=O)N1CCOc2ccncc21. The molecule has 0 spiro atoms. The van der Waals surface area contributed by atoms with E-state index in [2.05, 4.69) is 10.9 Å². The van der Waals surface area contributed by atoms with E-state index in [1.54, 1.807) is 23.4 Å². The highest BCUT2D eigenvalue weighted by atomic mass is 16.5. The van der Waals surface area contributed by atoms with Crippen LogP contribution in [0.2, 0.25) is 0 Å². The van der Waals surface area contributed by atoms with Gasteiger partial charge in [-0.15, -0.1) is 6.42 Å². The number of terminal acetylenes is 1. The summed E-state index contributed by atoms with van der Waals surface area (Å²) in [6.45, 7) is 1.59. The molecule has 0 saturated carbocycles. The van der Waals surface area contributed by atoms with E-state index in [1.165, 1.54) is 0 Å². The van der Waals surface area contributed by atoms with Crippen molar-refractivity contribution in [2.24, 2.45) is 0 Å². The van der Waals surface area contributed by atoms with Crippen LogP contribution < -0.4 is 9.64 Å². The van der Waals surface area contributed by atoms with Crippen molar-refractivity contribution in [2.75, 3.05) is 31.3 Å². The zero-order valence-electron chi connectivity index (χ0n) is 9.96. The molecule has 0 N–H and O–H groups in total. The summed E-state index contributed by atoms with van der Waals surface area (Å²) in [5.74, 6) is 3.04. The molecule has 1 amide bonds. The Morgan fingerprint density at radius 2 is 2.56 bits per heavy atom. The molecule has 18 heavy (non-hydrogen) atoms. The molecule has 1 aromatic rings. The lowest BCUT2D eigenvalue weighted by molar-refractivity contribution is -0.119. The number of hydrogen-bond donors (Lipinski definition) is 0. The first-order valence-electron chi connectivity index (χ1n) is 5.71. The van der Waals surface area contributed by atoms with Gasteiger partial charge in [-0.3, -0.25) is 9.78 Å². The standard InChI is InChI=1S/C13H14N2O3/c1-2-7-17-8-4-13(16)15-6-9-18-12-3-5-14-10-11(12)15/h1,3,5,10H,4,6-9H2. The number of hydrogen-bond acceptors (Lipinski definition) is 4. The zero-order valence-corrected chi connectivity index (χ0v) is 9.96. The van der Waals surface area contributed by atoms with Crippen molar-refractivity contribution in [3.8, 4) is 18.1 Å². The maximum absolute atomic E-state index is 12.0. The Labute approximate surface area is 106 Å². The van der Waals surface area contributed by atoms with Gasteiger partial charge < -0.3 is 14.4 Å². The summed E-state index contributed by atoms with van der Waals surface area (Å²) in [6, 6.07) is 1.75. The van der Waals surface area contributed by atoms with Crippen molar-refractivity contribution in [1.29, 1.82) is 0 Å². The highest BCUT2D eigenvalue weighted by Crippen LogP contribution is 2.30. The van der Waals surface area contributed by atoms with Crippen LogP contribution in [0, 0.1) is 12.3 Å². The number of fused-ring (bicyclic) bond motifs is 1. The number of pyridine rings is 1. The summed E-state index contributed by atoms with van der Waals surface area (Å²) >= 11 is 0. The quantitative estimate of drug-likeness (QED) is 0.583. The van der Waals surface area contributed by atoms with Crippen molar-refractivity contribution in [2.45, 2.75) is 6.42 Å². The number of nitrogens with zero attached hydrogens (tertiary/aromatic N) is 2. The number of ether oxygens (including phenoxy) is 2. The Balaban J connectivity index is 1.98. The van der Waals surface area contributed by atoms with E-state index in [1.807, 2.05) is 0 Å². The molecular weight excluding hydrogens is 232 g/mol. The van der Waals surface area contributed by atoms with Gasteiger partial charge in [0.15, 0.2) is 0 Å². The largest absolute Gasteiger partial charge is 0.489 e. The molecule has 0 saturated heterocycles. The highest BCUT2D eigenvalue weighted by molar-refractivity contribution is 5.95. The fraction of sp³-hybridized carbons (Fsp3) is 0.385. The Morgan fingerprint density at radius 1 is 1.67 bits per heavy atom. The third-order valence-electron chi connectivity index (χ3n) is 2.57. The highest BCUT2D eigenvalue weighted by Gasteiger charge is 2.23. The third-order valence-corrected chi connectivity index (χ3v) is 2.57. The number of aromatic nitrogens is 1. The van der Waals surface area contributed by atoms with Crippen molar-refractivity contribution in [1.82, 2.24) is 4.98 Å². The molecule has 1 aliphatic rings. The summed E-state index contributed by atoms with van der Waals surface area (Å²) in [5.41, 5.74) is 0.714. The first-order chi connectivity index (χ1) is 8.83. The van der Waals surface area contributed by atoms with Crippen molar-refractivity contribution in [3.63, 3.8) is 0 Å². The molecule has 5 nitrogen and oxygen atoms in total. The van der Waals surface area contributed by atoms with Crippen LogP contribution >= 0.6 is 0 Å². The number of carbonyl (C=O) groups excluding carboxylic acids is 1. The van der Waals surface area contributed by atoms with E-state index < -0.39 is 0 Å². The van der Waals surface area contributed by atoms with Gasteiger partial charge in [0.05, 0.1) is 25.8 Å². The Kier molecular flexibility index (Phi) is 4.15. The van der Waals surface area contributed by atoms with E-state index in [4.69, 9.17) is 15.9 Å². The topological polar surface area (TPSA) is 51.7 Å². The minimum absolute atomic E-state index is 0.00966. The third kappa shape index (κ3) is 2.79. The van der Waals surface area contributed by atoms with Gasteiger partial charge in [-0.1, -0.05) is 5.92 Å². The van der Waals surface area contributed by atoms with E-state index in [-0.39, 0.29) is 12.5 Å². The normalized spacial score (nSPS) is 13.4. The summed E-state index contributed by atoms with van der Waals surface area (Å²) in [7, 11) is 0. The maximum atomic E-state index is 12.0. The van der Waals surface area contributed by atoms with Gasteiger partial charge in [0.1, 0.15) is 24.7 Å². The molecule has 2 rings (SSSR count). The van der Waals surface area contributed by atoms with E-state index >= 15 is 0 Å².